The molecule has 0 bridgehead atoms. The van der Waals surface area contributed by atoms with Crippen LogP contribution in [0.15, 0.2) is 30.5 Å². The highest BCUT2D eigenvalue weighted by atomic mass is 19.1. The van der Waals surface area contributed by atoms with Crippen LogP contribution in [0.3, 0.4) is 0 Å². The second kappa shape index (κ2) is 5.95. The van der Waals surface area contributed by atoms with E-state index in [9.17, 15) is 14.0 Å². The molecular formula is C13H10FN3O4. The summed E-state index contributed by atoms with van der Waals surface area (Å²) < 4.78 is 14.2. The van der Waals surface area contributed by atoms with E-state index in [4.69, 9.17) is 10.2 Å². The van der Waals surface area contributed by atoms with Gasteiger partial charge in [0, 0.05) is 5.56 Å². The summed E-state index contributed by atoms with van der Waals surface area (Å²) in [5.41, 5.74) is 0.364. The number of hydrogen-bond acceptors (Lipinski definition) is 5. The predicted molar refractivity (Wildman–Crippen MR) is 69.1 cm³/mol. The second-order valence-corrected chi connectivity index (χ2v) is 4.10. The van der Waals surface area contributed by atoms with Crippen molar-refractivity contribution in [2.24, 2.45) is 0 Å². The number of carboxylic acids is 1. The average molecular weight is 291 g/mol. The van der Waals surface area contributed by atoms with Crippen molar-refractivity contribution in [1.82, 2.24) is 15.0 Å². The molecule has 0 spiro atoms. The van der Waals surface area contributed by atoms with Crippen molar-refractivity contribution in [1.29, 1.82) is 0 Å². The summed E-state index contributed by atoms with van der Waals surface area (Å²) in [6, 6.07) is 3.29. The van der Waals surface area contributed by atoms with Crippen molar-refractivity contribution >= 4 is 17.8 Å². The molecule has 0 radical (unpaired) electrons. The fraction of sp³-hybridized carbons (Fsp3) is 0.0769. The fourth-order valence-electron chi connectivity index (χ4n) is 1.52. The molecule has 0 fully saturated rings. The Balaban J connectivity index is 2.09. The van der Waals surface area contributed by atoms with Crippen molar-refractivity contribution in [2.75, 3.05) is 0 Å². The first kappa shape index (κ1) is 14.4. The molecule has 0 aliphatic heterocycles. The van der Waals surface area contributed by atoms with Gasteiger partial charge in [-0.2, -0.15) is 0 Å². The van der Waals surface area contributed by atoms with Crippen molar-refractivity contribution in [3.05, 3.63) is 47.5 Å². The minimum Gasteiger partial charge on any atom is -0.505 e. The van der Waals surface area contributed by atoms with Gasteiger partial charge in [0.1, 0.15) is 12.2 Å². The number of nitrogens with zero attached hydrogens (tertiary/aromatic N) is 3. The van der Waals surface area contributed by atoms with Gasteiger partial charge >= 0.3 is 5.97 Å². The highest BCUT2D eigenvalue weighted by molar-refractivity contribution is 6.06. The number of aromatic hydroxyl groups is 1. The average Bonchev–Trinajstić information content (AvgIpc) is 2.86. The van der Waals surface area contributed by atoms with Crippen LogP contribution in [-0.4, -0.2) is 37.0 Å². The number of aromatic nitrogens is 3. The Morgan fingerprint density at radius 2 is 2.14 bits per heavy atom. The summed E-state index contributed by atoms with van der Waals surface area (Å²) >= 11 is 0. The Bertz CT molecular complexity index is 724. The Morgan fingerprint density at radius 3 is 2.81 bits per heavy atom. The summed E-state index contributed by atoms with van der Waals surface area (Å²) in [5.74, 6) is -2.97. The normalized spacial score (nSPS) is 10.9. The number of phenolic OH excluding ortho intramolecular Hbond substituents is 1. The molecule has 0 saturated carbocycles. The lowest BCUT2D eigenvalue weighted by atomic mass is 10.1. The third-order valence-corrected chi connectivity index (χ3v) is 2.49. The topological polar surface area (TPSA) is 105 Å². The SMILES string of the molecule is O=C(O)Cn1cc(/C=C/C(=O)c2ccc(O)c(F)c2)nn1. The molecule has 21 heavy (non-hydrogen) atoms. The molecule has 2 N–H and O–H groups in total. The van der Waals surface area contributed by atoms with Crippen molar-refractivity contribution in [3.63, 3.8) is 0 Å². The first-order valence-electron chi connectivity index (χ1n) is 5.78. The number of phenols is 1. The van der Waals surface area contributed by atoms with Crippen LogP contribution in [-0.2, 0) is 11.3 Å². The van der Waals surface area contributed by atoms with Gasteiger partial charge in [0.2, 0.25) is 0 Å². The molecule has 2 rings (SSSR count). The van der Waals surface area contributed by atoms with Gasteiger partial charge in [0.05, 0.1) is 6.20 Å². The molecule has 2 aromatic rings. The van der Waals surface area contributed by atoms with E-state index in [-0.39, 0.29) is 12.1 Å². The van der Waals surface area contributed by atoms with Gasteiger partial charge in [0.25, 0.3) is 0 Å². The first-order chi connectivity index (χ1) is 9.95. The Morgan fingerprint density at radius 1 is 1.38 bits per heavy atom. The Labute approximate surface area is 117 Å². The quantitative estimate of drug-likeness (QED) is 0.631. The molecule has 0 aliphatic rings. The summed E-state index contributed by atoms with van der Waals surface area (Å²) in [4.78, 5) is 22.3. The number of benzene rings is 1. The van der Waals surface area contributed by atoms with Crippen LogP contribution < -0.4 is 0 Å². The van der Waals surface area contributed by atoms with E-state index in [1.807, 2.05) is 0 Å². The zero-order valence-corrected chi connectivity index (χ0v) is 10.6. The van der Waals surface area contributed by atoms with Crippen LogP contribution in [0.5, 0.6) is 5.75 Å². The van der Waals surface area contributed by atoms with E-state index < -0.39 is 23.3 Å². The maximum atomic E-state index is 13.1. The highest BCUT2D eigenvalue weighted by Crippen LogP contribution is 2.16. The zero-order chi connectivity index (χ0) is 15.4. The number of hydrogen-bond donors (Lipinski definition) is 2. The number of ketones is 1. The van der Waals surface area contributed by atoms with Gasteiger partial charge in [0.15, 0.2) is 17.3 Å². The number of carbonyl (C=O) groups excluding carboxylic acids is 1. The predicted octanol–water partition coefficient (Wildman–Crippen LogP) is 1.10. The maximum absolute atomic E-state index is 13.1. The van der Waals surface area contributed by atoms with E-state index in [0.29, 0.717) is 5.69 Å². The molecular weight excluding hydrogens is 281 g/mol. The number of rotatable bonds is 5. The minimum absolute atomic E-state index is 0.0690. The maximum Gasteiger partial charge on any atom is 0.325 e. The highest BCUT2D eigenvalue weighted by Gasteiger charge is 2.07. The van der Waals surface area contributed by atoms with Crippen LogP contribution in [0.2, 0.25) is 0 Å². The lowest BCUT2D eigenvalue weighted by Crippen LogP contribution is -2.08. The van der Waals surface area contributed by atoms with E-state index in [2.05, 4.69) is 10.3 Å². The van der Waals surface area contributed by atoms with Crippen LogP contribution in [0.25, 0.3) is 6.08 Å². The summed E-state index contributed by atoms with van der Waals surface area (Å²) in [5, 5.41) is 24.8. The molecule has 0 atom stereocenters. The zero-order valence-electron chi connectivity index (χ0n) is 10.6. The minimum atomic E-state index is -1.06. The first-order valence-corrected chi connectivity index (χ1v) is 5.78. The molecule has 7 nitrogen and oxygen atoms in total. The third-order valence-electron chi connectivity index (χ3n) is 2.49. The van der Waals surface area contributed by atoms with Crippen molar-refractivity contribution < 1.29 is 24.2 Å². The van der Waals surface area contributed by atoms with Crippen molar-refractivity contribution in [3.8, 4) is 5.75 Å². The Kier molecular flexibility index (Phi) is 4.07. The molecule has 0 unspecified atom stereocenters. The smallest absolute Gasteiger partial charge is 0.325 e. The monoisotopic (exact) mass is 291 g/mol. The molecule has 1 aromatic heterocycles. The molecule has 1 heterocycles. The molecule has 108 valence electrons. The summed E-state index contributed by atoms with van der Waals surface area (Å²) in [6.45, 7) is -0.335. The fourth-order valence-corrected chi connectivity index (χ4v) is 1.52. The van der Waals surface area contributed by atoms with Crippen LogP contribution in [0.4, 0.5) is 4.39 Å². The number of allylic oxidation sites excluding steroid dienone is 1. The number of carbonyl (C=O) groups is 2. The lowest BCUT2D eigenvalue weighted by molar-refractivity contribution is -0.137. The van der Waals surface area contributed by atoms with Gasteiger partial charge < -0.3 is 10.2 Å². The largest absolute Gasteiger partial charge is 0.505 e. The van der Waals surface area contributed by atoms with Gasteiger partial charge in [-0.25, -0.2) is 9.07 Å². The van der Waals surface area contributed by atoms with Gasteiger partial charge in [-0.1, -0.05) is 5.21 Å². The molecule has 0 amide bonds. The van der Waals surface area contributed by atoms with Crippen LogP contribution >= 0.6 is 0 Å². The standard InChI is InChI=1S/C13H10FN3O4/c14-10-5-8(1-3-12(10)19)11(18)4-2-9-6-17(16-15-9)7-13(20)21/h1-6,19H,7H2,(H,20,21)/b4-2+. The number of carboxylic acid groups (broad SMARTS) is 1. The molecule has 8 heteroatoms. The summed E-state index contributed by atoms with van der Waals surface area (Å²) in [6.07, 6.45) is 3.84. The van der Waals surface area contributed by atoms with E-state index in [1.165, 1.54) is 18.3 Å². The molecule has 1 aromatic carbocycles. The van der Waals surface area contributed by atoms with Gasteiger partial charge in [-0.05, 0) is 30.4 Å². The third kappa shape index (κ3) is 3.72. The van der Waals surface area contributed by atoms with E-state index >= 15 is 0 Å². The molecule has 0 aliphatic carbocycles. The van der Waals surface area contributed by atoms with Crippen molar-refractivity contribution in [2.45, 2.75) is 6.54 Å². The van der Waals surface area contributed by atoms with E-state index in [1.54, 1.807) is 0 Å². The number of aliphatic carboxylic acids is 1. The molecule has 0 saturated heterocycles. The van der Waals surface area contributed by atoms with Crippen LogP contribution in [0.1, 0.15) is 16.1 Å². The second-order valence-electron chi connectivity index (χ2n) is 4.10. The summed E-state index contributed by atoms with van der Waals surface area (Å²) in [7, 11) is 0. The Hall–Kier alpha value is -3.03. The van der Waals surface area contributed by atoms with E-state index in [0.717, 1.165) is 22.9 Å². The van der Waals surface area contributed by atoms with Gasteiger partial charge in [-0.3, -0.25) is 9.59 Å². The van der Waals surface area contributed by atoms with Gasteiger partial charge in [-0.15, -0.1) is 5.10 Å². The lowest BCUT2D eigenvalue weighted by Gasteiger charge is -1.97. The van der Waals surface area contributed by atoms with Crippen LogP contribution in [0, 0.1) is 5.82 Å². The number of halogens is 1.